The van der Waals surface area contributed by atoms with Crippen molar-refractivity contribution in [2.24, 2.45) is 5.73 Å². The highest BCUT2D eigenvalue weighted by Gasteiger charge is 2.24. The van der Waals surface area contributed by atoms with Crippen LogP contribution in [0, 0.1) is 0 Å². The molecule has 0 aliphatic carbocycles. The second-order valence-corrected chi connectivity index (χ2v) is 3.41. The highest BCUT2D eigenvalue weighted by Crippen LogP contribution is 2.17. The van der Waals surface area contributed by atoms with Crippen molar-refractivity contribution in [1.29, 1.82) is 0 Å². The second-order valence-electron chi connectivity index (χ2n) is 3.41. The fraction of sp³-hybridized carbons (Fsp3) is 0.875. The molecule has 4 heteroatoms. The van der Waals surface area contributed by atoms with Crippen molar-refractivity contribution in [1.82, 2.24) is 4.90 Å². The number of piperidine rings is 1. The number of hydrogen-bond acceptors (Lipinski definition) is 3. The number of nitrogens with zero attached hydrogens (tertiary/aromatic N) is 1. The molecule has 70 valence electrons. The molecule has 1 aliphatic heterocycles. The van der Waals surface area contributed by atoms with Gasteiger partial charge in [-0.15, -0.1) is 0 Å². The minimum Gasteiger partial charge on any atom is -0.446 e. The Balaban J connectivity index is 2.35. The number of nitrogens with two attached hydrogens (primary N) is 1. The van der Waals surface area contributed by atoms with E-state index in [0.717, 1.165) is 19.4 Å². The monoisotopic (exact) mass is 172 g/mol. The van der Waals surface area contributed by atoms with Crippen molar-refractivity contribution in [2.75, 3.05) is 13.6 Å². The molecule has 1 heterocycles. The minimum atomic E-state index is -0.656. The lowest BCUT2D eigenvalue weighted by Crippen LogP contribution is -2.42. The van der Waals surface area contributed by atoms with Gasteiger partial charge in [-0.3, -0.25) is 0 Å². The number of likely N-dealkylation sites (tertiary alicyclic amines) is 1. The largest absolute Gasteiger partial charge is 0.446 e. The number of carbonyl (C=O) groups is 1. The molecule has 0 aromatic heterocycles. The Kier molecular flexibility index (Phi) is 2.92. The maximum atomic E-state index is 10.4. The van der Waals surface area contributed by atoms with Gasteiger partial charge in [0.15, 0.2) is 0 Å². The quantitative estimate of drug-likeness (QED) is 0.629. The maximum Gasteiger partial charge on any atom is 0.404 e. The summed E-state index contributed by atoms with van der Waals surface area (Å²) in [7, 11) is 2.07. The molecular formula is C8H16N2O2. The number of hydrogen-bond donors (Lipinski definition) is 1. The summed E-state index contributed by atoms with van der Waals surface area (Å²) >= 11 is 0. The summed E-state index contributed by atoms with van der Waals surface area (Å²) in [6.45, 7) is 3.09. The molecule has 0 saturated carbocycles. The van der Waals surface area contributed by atoms with Gasteiger partial charge in [0.05, 0.1) is 0 Å². The highest BCUT2D eigenvalue weighted by atomic mass is 16.6. The fourth-order valence-corrected chi connectivity index (χ4v) is 1.52. The van der Waals surface area contributed by atoms with E-state index in [1.54, 1.807) is 0 Å². The Morgan fingerprint density at radius 2 is 2.33 bits per heavy atom. The molecule has 12 heavy (non-hydrogen) atoms. The van der Waals surface area contributed by atoms with Crippen molar-refractivity contribution in [3.05, 3.63) is 0 Å². The number of ether oxygens (including phenoxy) is 1. The topological polar surface area (TPSA) is 55.6 Å². The average Bonchev–Trinajstić information content (AvgIpc) is 1.96. The highest BCUT2D eigenvalue weighted by molar-refractivity contribution is 5.64. The Morgan fingerprint density at radius 3 is 2.83 bits per heavy atom. The zero-order chi connectivity index (χ0) is 9.14. The number of rotatable bonds is 1. The van der Waals surface area contributed by atoms with E-state index in [9.17, 15) is 4.79 Å². The van der Waals surface area contributed by atoms with Gasteiger partial charge in [0.1, 0.15) is 6.10 Å². The predicted molar refractivity (Wildman–Crippen MR) is 45.8 cm³/mol. The first-order valence-electron chi connectivity index (χ1n) is 4.26. The Hall–Kier alpha value is -0.770. The van der Waals surface area contributed by atoms with E-state index in [-0.39, 0.29) is 6.10 Å². The van der Waals surface area contributed by atoms with Crippen molar-refractivity contribution in [2.45, 2.75) is 31.9 Å². The van der Waals surface area contributed by atoms with Crippen LogP contribution in [-0.4, -0.2) is 36.7 Å². The van der Waals surface area contributed by atoms with E-state index in [1.165, 1.54) is 0 Å². The summed E-state index contributed by atoms with van der Waals surface area (Å²) in [5.74, 6) is 0. The van der Waals surface area contributed by atoms with Crippen molar-refractivity contribution in [3.63, 3.8) is 0 Å². The van der Waals surface area contributed by atoms with Crippen molar-refractivity contribution < 1.29 is 9.53 Å². The lowest BCUT2D eigenvalue weighted by molar-refractivity contribution is 0.0417. The molecular weight excluding hydrogens is 156 g/mol. The predicted octanol–water partition coefficient (Wildman–Crippen LogP) is 0.564. The fourth-order valence-electron chi connectivity index (χ4n) is 1.52. The SMILES string of the molecule is CC1CC(OC(N)=O)CCN1C. The molecule has 1 saturated heterocycles. The van der Waals surface area contributed by atoms with Crippen LogP contribution in [0.5, 0.6) is 0 Å². The van der Waals surface area contributed by atoms with E-state index < -0.39 is 6.09 Å². The molecule has 0 spiro atoms. The van der Waals surface area contributed by atoms with Gasteiger partial charge < -0.3 is 15.4 Å². The molecule has 1 fully saturated rings. The standard InChI is InChI=1S/C8H16N2O2/c1-6-5-7(12-8(9)11)3-4-10(6)2/h6-7H,3-5H2,1-2H3,(H2,9,11). The van der Waals surface area contributed by atoms with Gasteiger partial charge in [-0.05, 0) is 26.8 Å². The molecule has 2 atom stereocenters. The van der Waals surface area contributed by atoms with Crippen molar-refractivity contribution in [3.8, 4) is 0 Å². The van der Waals surface area contributed by atoms with Gasteiger partial charge in [-0.2, -0.15) is 0 Å². The summed E-state index contributed by atoms with van der Waals surface area (Å²) < 4.78 is 4.92. The number of primary amides is 1. The minimum absolute atomic E-state index is 0.0219. The van der Waals surface area contributed by atoms with Crippen LogP contribution in [0.1, 0.15) is 19.8 Å². The van der Waals surface area contributed by atoms with E-state index in [4.69, 9.17) is 10.5 Å². The molecule has 4 nitrogen and oxygen atoms in total. The first-order chi connectivity index (χ1) is 5.59. The van der Waals surface area contributed by atoms with Crippen LogP contribution < -0.4 is 5.73 Å². The van der Waals surface area contributed by atoms with Gasteiger partial charge in [-0.1, -0.05) is 0 Å². The molecule has 0 aromatic rings. The Bertz CT molecular complexity index is 172. The third-order valence-corrected chi connectivity index (χ3v) is 2.44. The third-order valence-electron chi connectivity index (χ3n) is 2.44. The average molecular weight is 172 g/mol. The summed E-state index contributed by atoms with van der Waals surface area (Å²) in [4.78, 5) is 12.7. The second kappa shape index (κ2) is 3.76. The van der Waals surface area contributed by atoms with Crippen molar-refractivity contribution >= 4 is 6.09 Å². The van der Waals surface area contributed by atoms with Crippen LogP contribution >= 0.6 is 0 Å². The van der Waals surface area contributed by atoms with E-state index >= 15 is 0 Å². The van der Waals surface area contributed by atoms with Crippen LogP contribution in [0.4, 0.5) is 4.79 Å². The molecule has 2 unspecified atom stereocenters. The molecule has 1 amide bonds. The third kappa shape index (κ3) is 2.37. The van der Waals surface area contributed by atoms with Crippen LogP contribution in [0.15, 0.2) is 0 Å². The molecule has 1 aliphatic rings. The summed E-state index contributed by atoms with van der Waals surface area (Å²) in [6, 6.07) is 0.475. The van der Waals surface area contributed by atoms with Gasteiger partial charge >= 0.3 is 6.09 Å². The summed E-state index contributed by atoms with van der Waals surface area (Å²) in [6.07, 6.45) is 1.15. The lowest BCUT2D eigenvalue weighted by Gasteiger charge is -2.34. The Morgan fingerprint density at radius 1 is 1.67 bits per heavy atom. The normalized spacial score (nSPS) is 31.5. The number of amides is 1. The maximum absolute atomic E-state index is 10.4. The Labute approximate surface area is 72.7 Å². The van der Waals surface area contributed by atoms with Crippen LogP contribution in [-0.2, 0) is 4.74 Å². The van der Waals surface area contributed by atoms with Gasteiger partial charge in [0.2, 0.25) is 0 Å². The first-order valence-corrected chi connectivity index (χ1v) is 4.26. The van der Waals surface area contributed by atoms with Gasteiger partial charge in [0.25, 0.3) is 0 Å². The van der Waals surface area contributed by atoms with Gasteiger partial charge in [-0.25, -0.2) is 4.79 Å². The number of carbonyl (C=O) groups excluding carboxylic acids is 1. The molecule has 0 radical (unpaired) electrons. The van der Waals surface area contributed by atoms with E-state index in [2.05, 4.69) is 18.9 Å². The smallest absolute Gasteiger partial charge is 0.404 e. The van der Waals surface area contributed by atoms with Crippen LogP contribution in [0.2, 0.25) is 0 Å². The molecule has 1 rings (SSSR count). The first kappa shape index (κ1) is 9.32. The van der Waals surface area contributed by atoms with E-state index in [1.807, 2.05) is 0 Å². The molecule has 0 bridgehead atoms. The van der Waals surface area contributed by atoms with Gasteiger partial charge in [0, 0.05) is 12.6 Å². The summed E-state index contributed by atoms with van der Waals surface area (Å²) in [5.41, 5.74) is 4.93. The zero-order valence-electron chi connectivity index (χ0n) is 7.62. The molecule has 0 aromatic carbocycles. The lowest BCUT2D eigenvalue weighted by atomic mass is 10.0. The summed E-state index contributed by atoms with van der Waals surface area (Å²) in [5, 5.41) is 0. The van der Waals surface area contributed by atoms with Crippen LogP contribution in [0.25, 0.3) is 0 Å². The van der Waals surface area contributed by atoms with E-state index in [0.29, 0.717) is 6.04 Å². The molecule has 2 N–H and O–H groups in total. The van der Waals surface area contributed by atoms with Crippen LogP contribution in [0.3, 0.4) is 0 Å². The zero-order valence-corrected chi connectivity index (χ0v) is 7.62.